The summed E-state index contributed by atoms with van der Waals surface area (Å²) >= 11 is 0. The maximum atomic E-state index is 10.8. The number of unbranched alkanes of at least 4 members (excludes halogenated alkanes) is 4. The zero-order chi connectivity index (χ0) is 15.3. The monoisotopic (exact) mass is 286 g/mol. The van der Waals surface area contributed by atoms with Crippen molar-refractivity contribution >= 4 is 0 Å². The Hall–Kier alpha value is -0.0800. The normalized spacial score (nSPS) is 12.3. The van der Waals surface area contributed by atoms with E-state index < -0.39 is 5.79 Å². The Balaban J connectivity index is 4.48. The van der Waals surface area contributed by atoms with E-state index in [9.17, 15) is 5.11 Å². The van der Waals surface area contributed by atoms with Crippen molar-refractivity contribution in [2.75, 3.05) is 0 Å². The summed E-state index contributed by atoms with van der Waals surface area (Å²) in [6.07, 6.45) is 13.2. The van der Waals surface area contributed by atoms with Crippen LogP contribution < -0.4 is 0 Å². The predicted octanol–water partition coefficient (Wildman–Crippen LogP) is 5.82. The first kappa shape index (κ1) is 19.9. The Morgan fingerprint density at radius 1 is 0.750 bits per heavy atom. The molecule has 0 saturated carbocycles. The van der Waals surface area contributed by atoms with Crippen molar-refractivity contribution in [3.05, 3.63) is 0 Å². The van der Waals surface area contributed by atoms with Gasteiger partial charge in [0.05, 0.1) is 6.10 Å². The molecule has 0 aliphatic carbocycles. The predicted molar refractivity (Wildman–Crippen MR) is 87.9 cm³/mol. The van der Waals surface area contributed by atoms with Gasteiger partial charge in [-0.15, -0.1) is 0 Å². The maximum absolute atomic E-state index is 10.8. The van der Waals surface area contributed by atoms with Crippen molar-refractivity contribution in [3.63, 3.8) is 0 Å². The van der Waals surface area contributed by atoms with Gasteiger partial charge in [0.15, 0.2) is 5.79 Å². The van der Waals surface area contributed by atoms with Crippen molar-refractivity contribution in [3.8, 4) is 0 Å². The molecule has 0 aromatic heterocycles. The quantitative estimate of drug-likeness (QED) is 0.408. The van der Waals surface area contributed by atoms with Crippen LogP contribution in [0.2, 0.25) is 0 Å². The summed E-state index contributed by atoms with van der Waals surface area (Å²) in [7, 11) is 0. The lowest BCUT2D eigenvalue weighted by Crippen LogP contribution is -2.37. The second-order valence-corrected chi connectivity index (χ2v) is 6.18. The van der Waals surface area contributed by atoms with Gasteiger partial charge in [0.1, 0.15) is 0 Å². The van der Waals surface area contributed by atoms with E-state index in [1.807, 2.05) is 0 Å². The molecule has 0 aromatic carbocycles. The number of ether oxygens (including phenoxy) is 1. The topological polar surface area (TPSA) is 29.5 Å². The molecular weight excluding hydrogens is 248 g/mol. The lowest BCUT2D eigenvalue weighted by atomic mass is 10.0. The average Bonchev–Trinajstić information content (AvgIpc) is 2.46. The van der Waals surface area contributed by atoms with Crippen molar-refractivity contribution in [2.24, 2.45) is 0 Å². The molecule has 0 rings (SSSR count). The van der Waals surface area contributed by atoms with Crippen molar-refractivity contribution in [1.29, 1.82) is 0 Å². The largest absolute Gasteiger partial charge is 0.365 e. The molecule has 0 amide bonds. The first-order chi connectivity index (χ1) is 9.61. The summed E-state index contributed by atoms with van der Waals surface area (Å²) in [5.74, 6) is -0.877. The Labute approximate surface area is 127 Å². The molecule has 2 nitrogen and oxygen atoms in total. The van der Waals surface area contributed by atoms with Gasteiger partial charge in [0.2, 0.25) is 0 Å². The minimum atomic E-state index is -0.877. The third-order valence-electron chi connectivity index (χ3n) is 3.99. The Bertz CT molecular complexity index is 188. The van der Waals surface area contributed by atoms with Gasteiger partial charge in [-0.1, -0.05) is 66.2 Å². The first-order valence-corrected chi connectivity index (χ1v) is 9.02. The van der Waals surface area contributed by atoms with E-state index >= 15 is 0 Å². The second-order valence-electron chi connectivity index (χ2n) is 6.18. The smallest absolute Gasteiger partial charge is 0.165 e. The number of rotatable bonds is 14. The van der Waals surface area contributed by atoms with Crippen LogP contribution in [0, 0.1) is 0 Å². The van der Waals surface area contributed by atoms with Crippen molar-refractivity contribution < 1.29 is 9.84 Å². The highest BCUT2D eigenvalue weighted by molar-refractivity contribution is 4.71. The average molecular weight is 286 g/mol. The Kier molecular flexibility index (Phi) is 12.6. The molecule has 20 heavy (non-hydrogen) atoms. The van der Waals surface area contributed by atoms with Gasteiger partial charge in [-0.2, -0.15) is 0 Å². The van der Waals surface area contributed by atoms with Gasteiger partial charge in [-0.3, -0.25) is 0 Å². The molecule has 0 heterocycles. The fraction of sp³-hybridized carbons (Fsp3) is 1.00. The zero-order valence-electron chi connectivity index (χ0n) is 14.4. The van der Waals surface area contributed by atoms with Crippen molar-refractivity contribution in [2.45, 2.75) is 117 Å². The van der Waals surface area contributed by atoms with E-state index in [1.54, 1.807) is 0 Å². The fourth-order valence-electron chi connectivity index (χ4n) is 2.58. The van der Waals surface area contributed by atoms with Crippen LogP contribution in [0.25, 0.3) is 0 Å². The van der Waals surface area contributed by atoms with Gasteiger partial charge < -0.3 is 9.84 Å². The summed E-state index contributed by atoms with van der Waals surface area (Å²) in [6.45, 7) is 8.78. The Morgan fingerprint density at radius 2 is 1.15 bits per heavy atom. The number of aliphatic hydroxyl groups is 1. The second kappa shape index (κ2) is 12.6. The third kappa shape index (κ3) is 9.77. The molecular formula is C18H38O2. The molecule has 0 aromatic rings. The molecule has 0 saturated heterocycles. The van der Waals surface area contributed by atoms with Crippen LogP contribution in [0.4, 0.5) is 0 Å². The summed E-state index contributed by atoms with van der Waals surface area (Å²) in [6, 6.07) is 0. The van der Waals surface area contributed by atoms with Crippen LogP contribution in [-0.2, 0) is 4.74 Å². The molecule has 0 unspecified atom stereocenters. The van der Waals surface area contributed by atoms with Crippen molar-refractivity contribution in [1.82, 2.24) is 0 Å². The van der Waals surface area contributed by atoms with Gasteiger partial charge in [-0.25, -0.2) is 0 Å². The molecule has 0 fully saturated rings. The van der Waals surface area contributed by atoms with Gasteiger partial charge in [0, 0.05) is 12.8 Å². The molecule has 0 aliphatic rings. The fourth-order valence-corrected chi connectivity index (χ4v) is 2.58. The van der Waals surface area contributed by atoms with E-state index in [-0.39, 0.29) is 6.10 Å². The zero-order valence-corrected chi connectivity index (χ0v) is 14.4. The SMILES string of the molecule is CCCCC(CCCC)OC(O)(CCCC)CCCC. The number of hydrogen-bond donors (Lipinski definition) is 1. The standard InChI is InChI=1S/C18H38O2/c1-5-9-13-17(14-10-6-2)20-18(19,15-11-7-3)16-12-8-4/h17,19H,5-16H2,1-4H3. The molecule has 0 aliphatic heterocycles. The summed E-state index contributed by atoms with van der Waals surface area (Å²) in [5.41, 5.74) is 0. The molecule has 0 spiro atoms. The Morgan fingerprint density at radius 3 is 1.50 bits per heavy atom. The van der Waals surface area contributed by atoms with Crippen LogP contribution in [-0.4, -0.2) is 17.0 Å². The highest BCUT2D eigenvalue weighted by atomic mass is 16.6. The van der Waals surface area contributed by atoms with E-state index in [2.05, 4.69) is 27.7 Å². The third-order valence-corrected chi connectivity index (χ3v) is 3.99. The van der Waals surface area contributed by atoms with E-state index in [0.29, 0.717) is 0 Å². The first-order valence-electron chi connectivity index (χ1n) is 9.02. The highest BCUT2D eigenvalue weighted by Crippen LogP contribution is 2.27. The molecule has 122 valence electrons. The lowest BCUT2D eigenvalue weighted by Gasteiger charge is -2.33. The van der Waals surface area contributed by atoms with Crippen LogP contribution in [0.1, 0.15) is 105 Å². The minimum Gasteiger partial charge on any atom is -0.365 e. The molecule has 0 atom stereocenters. The minimum absolute atomic E-state index is 0.244. The van der Waals surface area contributed by atoms with E-state index in [1.165, 1.54) is 25.7 Å². The molecule has 0 radical (unpaired) electrons. The molecule has 0 bridgehead atoms. The maximum Gasteiger partial charge on any atom is 0.165 e. The highest BCUT2D eigenvalue weighted by Gasteiger charge is 2.29. The van der Waals surface area contributed by atoms with E-state index in [4.69, 9.17) is 4.74 Å². The summed E-state index contributed by atoms with van der Waals surface area (Å²) in [5, 5.41) is 10.8. The van der Waals surface area contributed by atoms with Gasteiger partial charge in [0.25, 0.3) is 0 Å². The summed E-state index contributed by atoms with van der Waals surface area (Å²) < 4.78 is 6.20. The van der Waals surface area contributed by atoms with Gasteiger partial charge in [-0.05, 0) is 25.7 Å². The van der Waals surface area contributed by atoms with Crippen LogP contribution >= 0.6 is 0 Å². The number of hydrogen-bond acceptors (Lipinski definition) is 2. The lowest BCUT2D eigenvalue weighted by molar-refractivity contribution is -0.241. The van der Waals surface area contributed by atoms with Crippen LogP contribution in [0.5, 0.6) is 0 Å². The summed E-state index contributed by atoms with van der Waals surface area (Å²) in [4.78, 5) is 0. The van der Waals surface area contributed by atoms with Crippen LogP contribution in [0.3, 0.4) is 0 Å². The van der Waals surface area contributed by atoms with Crippen LogP contribution in [0.15, 0.2) is 0 Å². The van der Waals surface area contributed by atoms with E-state index in [0.717, 1.165) is 51.4 Å². The van der Waals surface area contributed by atoms with Gasteiger partial charge >= 0.3 is 0 Å². The molecule has 2 heteroatoms. The molecule has 1 N–H and O–H groups in total.